The van der Waals surface area contributed by atoms with Crippen LogP contribution in [0.4, 0.5) is 0 Å². The lowest BCUT2D eigenvalue weighted by atomic mass is 9.97. The summed E-state index contributed by atoms with van der Waals surface area (Å²) in [6, 6.07) is 17.3. The van der Waals surface area contributed by atoms with Crippen molar-refractivity contribution >= 4 is 39.4 Å². The summed E-state index contributed by atoms with van der Waals surface area (Å²) in [5.41, 5.74) is 0.473. The molecule has 3 aromatic carbocycles. The molecule has 1 fully saturated rings. The number of benzene rings is 3. The van der Waals surface area contributed by atoms with Gasteiger partial charge in [0.15, 0.2) is 6.61 Å². The maximum Gasteiger partial charge on any atom is 0.339 e. The average Bonchev–Trinajstić information content (AvgIpc) is 2.80. The molecule has 1 heterocycles. The number of likely N-dealkylation sites (tertiary alicyclic amines) is 1. The monoisotopic (exact) mass is 405 g/mol. The number of esters is 2. The lowest BCUT2D eigenvalue weighted by molar-refractivity contribution is -0.149. The van der Waals surface area contributed by atoms with Gasteiger partial charge in [0.25, 0.3) is 5.91 Å². The number of methoxy groups -OCH3 is 1. The standard InChI is InChI=1S/C24H23NO5/c1-29-23(27)16-10-12-25(13-11-16)21(26)15-30-24(28)22-19-8-4-2-6-17(19)14-18-7-3-5-9-20(18)22/h2-9,14,16H,10-13,15H2,1H3. The first-order valence-electron chi connectivity index (χ1n) is 10.0. The second kappa shape index (κ2) is 8.53. The van der Waals surface area contributed by atoms with Crippen LogP contribution in [0.3, 0.4) is 0 Å². The lowest BCUT2D eigenvalue weighted by Crippen LogP contribution is -2.42. The van der Waals surface area contributed by atoms with Gasteiger partial charge < -0.3 is 14.4 Å². The third-order valence-corrected chi connectivity index (χ3v) is 5.68. The number of hydrogen-bond acceptors (Lipinski definition) is 5. The summed E-state index contributed by atoms with van der Waals surface area (Å²) in [6.07, 6.45) is 1.11. The SMILES string of the molecule is COC(=O)C1CCN(C(=O)COC(=O)c2c3ccccc3cc3ccccc23)CC1. The Labute approximate surface area is 174 Å². The van der Waals surface area contributed by atoms with Crippen LogP contribution in [0.5, 0.6) is 0 Å². The van der Waals surface area contributed by atoms with E-state index in [0.29, 0.717) is 31.5 Å². The Morgan fingerprint density at radius 3 is 2.07 bits per heavy atom. The van der Waals surface area contributed by atoms with Gasteiger partial charge >= 0.3 is 11.9 Å². The topological polar surface area (TPSA) is 72.9 Å². The van der Waals surface area contributed by atoms with Crippen LogP contribution >= 0.6 is 0 Å². The molecule has 154 valence electrons. The van der Waals surface area contributed by atoms with Gasteiger partial charge in [0.2, 0.25) is 0 Å². The third kappa shape index (κ3) is 3.85. The molecule has 0 bridgehead atoms. The molecule has 6 heteroatoms. The second-order valence-electron chi connectivity index (χ2n) is 7.45. The van der Waals surface area contributed by atoms with Crippen molar-refractivity contribution in [3.05, 3.63) is 60.2 Å². The van der Waals surface area contributed by atoms with Crippen LogP contribution in [0.1, 0.15) is 23.2 Å². The van der Waals surface area contributed by atoms with Crippen molar-refractivity contribution < 1.29 is 23.9 Å². The molecule has 1 aliphatic rings. The largest absolute Gasteiger partial charge is 0.469 e. The fourth-order valence-electron chi connectivity index (χ4n) is 4.06. The Kier molecular flexibility index (Phi) is 5.65. The van der Waals surface area contributed by atoms with Gasteiger partial charge in [-0.05, 0) is 40.5 Å². The van der Waals surface area contributed by atoms with Crippen LogP contribution in [0.2, 0.25) is 0 Å². The van der Waals surface area contributed by atoms with Gasteiger partial charge in [-0.25, -0.2) is 4.79 Å². The minimum absolute atomic E-state index is 0.177. The molecule has 6 nitrogen and oxygen atoms in total. The Hall–Kier alpha value is -3.41. The summed E-state index contributed by atoms with van der Waals surface area (Å²) < 4.78 is 10.2. The highest BCUT2D eigenvalue weighted by molar-refractivity contribution is 6.16. The van der Waals surface area contributed by atoms with Crippen molar-refractivity contribution in [1.82, 2.24) is 4.90 Å². The van der Waals surface area contributed by atoms with Crippen LogP contribution in [0.15, 0.2) is 54.6 Å². The highest BCUT2D eigenvalue weighted by Crippen LogP contribution is 2.29. The summed E-state index contributed by atoms with van der Waals surface area (Å²) in [4.78, 5) is 38.8. The highest BCUT2D eigenvalue weighted by atomic mass is 16.5. The molecule has 0 N–H and O–H groups in total. The molecule has 1 amide bonds. The second-order valence-corrected chi connectivity index (χ2v) is 7.45. The van der Waals surface area contributed by atoms with Gasteiger partial charge in [-0.15, -0.1) is 0 Å². The van der Waals surface area contributed by atoms with Crippen molar-refractivity contribution in [2.45, 2.75) is 12.8 Å². The molecule has 1 aliphatic heterocycles. The van der Waals surface area contributed by atoms with E-state index in [4.69, 9.17) is 9.47 Å². The smallest absolute Gasteiger partial charge is 0.339 e. The Morgan fingerprint density at radius 2 is 1.50 bits per heavy atom. The summed E-state index contributed by atoms with van der Waals surface area (Å²) in [5.74, 6) is -1.18. The van der Waals surface area contributed by atoms with Crippen LogP contribution in [-0.2, 0) is 19.1 Å². The van der Waals surface area contributed by atoms with E-state index in [2.05, 4.69) is 0 Å². The van der Waals surface area contributed by atoms with Gasteiger partial charge in [-0.3, -0.25) is 9.59 Å². The fraction of sp³-hybridized carbons (Fsp3) is 0.292. The number of fused-ring (bicyclic) bond motifs is 2. The molecule has 3 aromatic rings. The molecule has 0 unspecified atom stereocenters. The van der Waals surface area contributed by atoms with Gasteiger partial charge in [0, 0.05) is 13.1 Å². The number of rotatable bonds is 4. The summed E-state index contributed by atoms with van der Waals surface area (Å²) in [6.45, 7) is 0.583. The maximum absolute atomic E-state index is 13.0. The van der Waals surface area contributed by atoms with Crippen molar-refractivity contribution in [2.24, 2.45) is 5.92 Å². The first-order valence-corrected chi connectivity index (χ1v) is 10.0. The van der Waals surface area contributed by atoms with Crippen molar-refractivity contribution in [1.29, 1.82) is 0 Å². The zero-order chi connectivity index (χ0) is 21.1. The Bertz CT molecular complexity index is 1060. The first-order chi connectivity index (χ1) is 14.6. The number of carbonyl (C=O) groups excluding carboxylic acids is 3. The molecule has 0 aliphatic carbocycles. The van der Waals surface area contributed by atoms with Crippen LogP contribution in [0, 0.1) is 5.92 Å². The van der Waals surface area contributed by atoms with E-state index >= 15 is 0 Å². The molecule has 30 heavy (non-hydrogen) atoms. The highest BCUT2D eigenvalue weighted by Gasteiger charge is 2.28. The molecular formula is C24H23NO5. The lowest BCUT2D eigenvalue weighted by Gasteiger charge is -2.30. The van der Waals surface area contributed by atoms with Crippen LogP contribution in [0.25, 0.3) is 21.5 Å². The molecule has 0 radical (unpaired) electrons. The Morgan fingerprint density at radius 1 is 0.933 bits per heavy atom. The quantitative estimate of drug-likeness (QED) is 0.490. The van der Waals surface area contributed by atoms with Gasteiger partial charge in [0.1, 0.15) is 0 Å². The first kappa shape index (κ1) is 19.9. The van der Waals surface area contributed by atoms with Gasteiger partial charge in [0.05, 0.1) is 18.6 Å². The summed E-state index contributed by atoms with van der Waals surface area (Å²) in [7, 11) is 1.37. The van der Waals surface area contributed by atoms with E-state index in [0.717, 1.165) is 21.5 Å². The number of carbonyl (C=O) groups is 3. The van der Waals surface area contributed by atoms with E-state index in [1.165, 1.54) is 7.11 Å². The molecular weight excluding hydrogens is 382 g/mol. The van der Waals surface area contributed by atoms with E-state index in [1.807, 2.05) is 54.6 Å². The fourth-order valence-corrected chi connectivity index (χ4v) is 4.06. The normalized spacial score (nSPS) is 14.6. The number of nitrogens with zero attached hydrogens (tertiary/aromatic N) is 1. The number of piperidine rings is 1. The molecule has 1 saturated heterocycles. The number of amides is 1. The van der Waals surface area contributed by atoms with Gasteiger partial charge in [-0.2, -0.15) is 0 Å². The predicted molar refractivity (Wildman–Crippen MR) is 113 cm³/mol. The summed E-state index contributed by atoms with van der Waals surface area (Å²) in [5, 5.41) is 3.49. The molecule has 0 spiro atoms. The van der Waals surface area contributed by atoms with Crippen LogP contribution in [-0.4, -0.2) is 49.6 Å². The third-order valence-electron chi connectivity index (χ3n) is 5.68. The van der Waals surface area contributed by atoms with Gasteiger partial charge in [-0.1, -0.05) is 48.5 Å². The van der Waals surface area contributed by atoms with Crippen molar-refractivity contribution in [3.63, 3.8) is 0 Å². The zero-order valence-electron chi connectivity index (χ0n) is 16.8. The number of hydrogen-bond donors (Lipinski definition) is 0. The number of ether oxygens (including phenoxy) is 2. The molecule has 0 saturated carbocycles. The van der Waals surface area contributed by atoms with E-state index in [-0.39, 0.29) is 24.4 Å². The zero-order valence-corrected chi connectivity index (χ0v) is 16.8. The minimum atomic E-state index is -0.513. The van der Waals surface area contributed by atoms with Crippen LogP contribution < -0.4 is 0 Å². The predicted octanol–water partition coefficient (Wildman–Crippen LogP) is 3.56. The Balaban J connectivity index is 1.49. The minimum Gasteiger partial charge on any atom is -0.469 e. The van der Waals surface area contributed by atoms with E-state index in [1.54, 1.807) is 4.90 Å². The van der Waals surface area contributed by atoms with E-state index in [9.17, 15) is 14.4 Å². The molecule has 0 aromatic heterocycles. The molecule has 0 atom stereocenters. The maximum atomic E-state index is 13.0. The summed E-state index contributed by atoms with van der Waals surface area (Å²) >= 11 is 0. The van der Waals surface area contributed by atoms with Crippen molar-refractivity contribution in [2.75, 3.05) is 26.8 Å². The molecule has 4 rings (SSSR count). The van der Waals surface area contributed by atoms with E-state index < -0.39 is 5.97 Å². The average molecular weight is 405 g/mol. The van der Waals surface area contributed by atoms with Crippen molar-refractivity contribution in [3.8, 4) is 0 Å².